The molecule has 0 bridgehead atoms. The Kier molecular flexibility index (Phi) is 4.00. The normalized spacial score (nSPS) is 41.4. The average molecular weight is 252 g/mol. The van der Waals surface area contributed by atoms with Crippen LogP contribution < -0.4 is 5.32 Å². The number of carbonyl (C=O) groups is 1. The molecule has 2 rings (SSSR count). The van der Waals surface area contributed by atoms with E-state index in [1.807, 2.05) is 0 Å². The van der Waals surface area contributed by atoms with Crippen molar-refractivity contribution in [2.45, 2.75) is 84.0 Å². The van der Waals surface area contributed by atoms with Crippen molar-refractivity contribution in [3.05, 3.63) is 0 Å². The van der Waals surface area contributed by atoms with Gasteiger partial charge in [0, 0.05) is 6.04 Å². The zero-order valence-corrected chi connectivity index (χ0v) is 12.3. The standard InChI is InChI=1S/C15H28N2O/c1-5-13-16-15(4,6-2)14(18)17(13)12-9-7-8-11(3)10-12/h11-13,16H,5-10H2,1-4H3. The van der Waals surface area contributed by atoms with Crippen molar-refractivity contribution < 1.29 is 4.79 Å². The highest BCUT2D eigenvalue weighted by molar-refractivity contribution is 5.88. The summed E-state index contributed by atoms with van der Waals surface area (Å²) in [5.41, 5.74) is -0.332. The number of rotatable bonds is 3. The molecule has 3 heteroatoms. The first-order valence-electron chi connectivity index (χ1n) is 7.62. The summed E-state index contributed by atoms with van der Waals surface area (Å²) in [5, 5.41) is 3.56. The molecule has 104 valence electrons. The number of carbonyl (C=O) groups excluding carboxylic acids is 1. The van der Waals surface area contributed by atoms with Gasteiger partial charge in [-0.2, -0.15) is 0 Å². The summed E-state index contributed by atoms with van der Waals surface area (Å²) in [5.74, 6) is 1.10. The fraction of sp³-hybridized carbons (Fsp3) is 0.933. The summed E-state index contributed by atoms with van der Waals surface area (Å²) in [6.07, 6.45) is 7.10. The van der Waals surface area contributed by atoms with Crippen molar-refractivity contribution in [1.29, 1.82) is 0 Å². The van der Waals surface area contributed by atoms with Gasteiger partial charge in [-0.15, -0.1) is 0 Å². The van der Waals surface area contributed by atoms with Crippen LogP contribution in [0.2, 0.25) is 0 Å². The van der Waals surface area contributed by atoms with Gasteiger partial charge in [-0.1, -0.05) is 33.6 Å². The summed E-state index contributed by atoms with van der Waals surface area (Å²) in [4.78, 5) is 14.9. The van der Waals surface area contributed by atoms with Gasteiger partial charge in [0.15, 0.2) is 0 Å². The summed E-state index contributed by atoms with van der Waals surface area (Å²) >= 11 is 0. The van der Waals surface area contributed by atoms with Crippen molar-refractivity contribution in [3.8, 4) is 0 Å². The van der Waals surface area contributed by atoms with E-state index in [9.17, 15) is 4.79 Å². The minimum Gasteiger partial charge on any atom is -0.323 e. The van der Waals surface area contributed by atoms with Gasteiger partial charge in [-0.3, -0.25) is 10.1 Å². The molecule has 1 heterocycles. The Hall–Kier alpha value is -0.570. The van der Waals surface area contributed by atoms with Gasteiger partial charge in [-0.25, -0.2) is 0 Å². The number of hydrogen-bond donors (Lipinski definition) is 1. The second-order valence-electron chi connectivity index (χ2n) is 6.39. The highest BCUT2D eigenvalue weighted by Crippen LogP contribution is 2.34. The van der Waals surface area contributed by atoms with Crippen LogP contribution in [0.4, 0.5) is 0 Å². The van der Waals surface area contributed by atoms with Gasteiger partial charge < -0.3 is 4.90 Å². The van der Waals surface area contributed by atoms with E-state index in [1.165, 1.54) is 25.7 Å². The molecule has 2 fully saturated rings. The van der Waals surface area contributed by atoms with E-state index >= 15 is 0 Å². The topological polar surface area (TPSA) is 32.3 Å². The van der Waals surface area contributed by atoms with Crippen LogP contribution in [0.3, 0.4) is 0 Å². The molecule has 0 radical (unpaired) electrons. The third-order valence-electron chi connectivity index (χ3n) is 4.92. The van der Waals surface area contributed by atoms with Crippen LogP contribution in [0.1, 0.15) is 66.2 Å². The van der Waals surface area contributed by atoms with Gasteiger partial charge >= 0.3 is 0 Å². The molecule has 0 aromatic heterocycles. The Bertz CT molecular complexity index is 318. The summed E-state index contributed by atoms with van der Waals surface area (Å²) in [6.45, 7) is 8.65. The molecule has 1 saturated carbocycles. The molecule has 2 aliphatic rings. The first kappa shape index (κ1) is 13.9. The quantitative estimate of drug-likeness (QED) is 0.837. The number of nitrogens with zero attached hydrogens (tertiary/aromatic N) is 1. The fourth-order valence-electron chi connectivity index (χ4n) is 3.55. The maximum absolute atomic E-state index is 12.7. The fourth-order valence-corrected chi connectivity index (χ4v) is 3.55. The Morgan fingerprint density at radius 3 is 2.67 bits per heavy atom. The predicted octanol–water partition coefficient (Wildman–Crippen LogP) is 2.90. The predicted molar refractivity (Wildman–Crippen MR) is 74.2 cm³/mol. The molecule has 1 aliphatic heterocycles. The average Bonchev–Trinajstić information content (AvgIpc) is 2.62. The molecule has 18 heavy (non-hydrogen) atoms. The van der Waals surface area contributed by atoms with E-state index < -0.39 is 0 Å². The Balaban J connectivity index is 2.17. The molecule has 0 aromatic carbocycles. The maximum atomic E-state index is 12.7. The largest absolute Gasteiger partial charge is 0.323 e. The van der Waals surface area contributed by atoms with Gasteiger partial charge in [0.05, 0.1) is 11.7 Å². The Morgan fingerprint density at radius 1 is 1.39 bits per heavy atom. The van der Waals surface area contributed by atoms with Gasteiger partial charge in [-0.05, 0) is 38.5 Å². The lowest BCUT2D eigenvalue weighted by atomic mass is 9.85. The molecule has 1 saturated heterocycles. The van der Waals surface area contributed by atoms with E-state index in [0.717, 1.165) is 18.8 Å². The zero-order valence-electron chi connectivity index (χ0n) is 12.3. The van der Waals surface area contributed by atoms with E-state index in [2.05, 4.69) is 37.9 Å². The lowest BCUT2D eigenvalue weighted by molar-refractivity contribution is -0.136. The smallest absolute Gasteiger partial charge is 0.244 e. The highest BCUT2D eigenvalue weighted by atomic mass is 16.2. The lowest BCUT2D eigenvalue weighted by Crippen LogP contribution is -2.46. The first-order valence-corrected chi connectivity index (χ1v) is 7.62. The van der Waals surface area contributed by atoms with Crippen molar-refractivity contribution in [1.82, 2.24) is 10.2 Å². The number of hydrogen-bond acceptors (Lipinski definition) is 2. The lowest BCUT2D eigenvalue weighted by Gasteiger charge is -2.37. The monoisotopic (exact) mass is 252 g/mol. The summed E-state index contributed by atoms with van der Waals surface area (Å²) in [6, 6.07) is 0.465. The van der Waals surface area contributed by atoms with E-state index in [-0.39, 0.29) is 11.7 Å². The minimum atomic E-state index is -0.332. The van der Waals surface area contributed by atoms with Crippen LogP contribution in [0, 0.1) is 5.92 Å². The van der Waals surface area contributed by atoms with E-state index in [0.29, 0.717) is 11.9 Å². The van der Waals surface area contributed by atoms with Crippen molar-refractivity contribution in [2.24, 2.45) is 5.92 Å². The Labute approximate surface area is 111 Å². The maximum Gasteiger partial charge on any atom is 0.244 e. The van der Waals surface area contributed by atoms with Crippen LogP contribution in [0.5, 0.6) is 0 Å². The van der Waals surface area contributed by atoms with Crippen LogP contribution in [0.15, 0.2) is 0 Å². The van der Waals surface area contributed by atoms with Gasteiger partial charge in [0.1, 0.15) is 0 Å². The second-order valence-corrected chi connectivity index (χ2v) is 6.39. The van der Waals surface area contributed by atoms with Crippen LogP contribution >= 0.6 is 0 Å². The molecular formula is C15H28N2O. The second kappa shape index (κ2) is 5.20. The number of amides is 1. The third-order valence-corrected chi connectivity index (χ3v) is 4.92. The van der Waals surface area contributed by atoms with Crippen molar-refractivity contribution >= 4 is 5.91 Å². The summed E-state index contributed by atoms with van der Waals surface area (Å²) in [7, 11) is 0. The van der Waals surface area contributed by atoms with Crippen molar-refractivity contribution in [3.63, 3.8) is 0 Å². The molecule has 4 unspecified atom stereocenters. The molecule has 0 aromatic rings. The zero-order chi connectivity index (χ0) is 13.3. The summed E-state index contributed by atoms with van der Waals surface area (Å²) < 4.78 is 0. The molecule has 4 atom stereocenters. The third kappa shape index (κ3) is 2.29. The molecule has 1 N–H and O–H groups in total. The minimum absolute atomic E-state index is 0.248. The van der Waals surface area contributed by atoms with Crippen LogP contribution in [0.25, 0.3) is 0 Å². The Morgan fingerprint density at radius 2 is 2.11 bits per heavy atom. The van der Waals surface area contributed by atoms with E-state index in [4.69, 9.17) is 0 Å². The number of nitrogens with one attached hydrogen (secondary N) is 1. The highest BCUT2D eigenvalue weighted by Gasteiger charge is 2.48. The van der Waals surface area contributed by atoms with Crippen LogP contribution in [-0.2, 0) is 4.79 Å². The first-order chi connectivity index (χ1) is 8.51. The molecule has 1 amide bonds. The van der Waals surface area contributed by atoms with E-state index in [1.54, 1.807) is 0 Å². The SMILES string of the molecule is CCC1NC(C)(CC)C(=O)N1C1CCCC(C)C1. The molecule has 0 spiro atoms. The molecule has 3 nitrogen and oxygen atoms in total. The van der Waals surface area contributed by atoms with Crippen LogP contribution in [-0.4, -0.2) is 28.6 Å². The van der Waals surface area contributed by atoms with Crippen molar-refractivity contribution in [2.75, 3.05) is 0 Å². The molecule has 1 aliphatic carbocycles. The molecular weight excluding hydrogens is 224 g/mol. The van der Waals surface area contributed by atoms with Gasteiger partial charge in [0.25, 0.3) is 0 Å². The van der Waals surface area contributed by atoms with Gasteiger partial charge in [0.2, 0.25) is 5.91 Å².